The van der Waals surface area contributed by atoms with Gasteiger partial charge in [-0.05, 0) is 37.6 Å². The Balaban J connectivity index is 1.74. The molecular formula is C16H16F3N3O3S. The molecule has 10 heteroatoms. The van der Waals surface area contributed by atoms with Gasteiger partial charge in [0, 0.05) is 12.6 Å². The van der Waals surface area contributed by atoms with Gasteiger partial charge in [0.2, 0.25) is 15.9 Å². The summed E-state index contributed by atoms with van der Waals surface area (Å²) >= 11 is 0. The number of aromatic nitrogens is 2. The minimum absolute atomic E-state index is 0.0358. The first-order valence-electron chi connectivity index (χ1n) is 7.81. The van der Waals surface area contributed by atoms with Crippen LogP contribution in [0.1, 0.15) is 17.7 Å². The molecular weight excluding hydrogens is 371 g/mol. The molecule has 2 aromatic rings. The van der Waals surface area contributed by atoms with Crippen molar-refractivity contribution in [3.05, 3.63) is 47.7 Å². The average molecular weight is 387 g/mol. The van der Waals surface area contributed by atoms with Crippen molar-refractivity contribution in [2.45, 2.75) is 30.5 Å². The van der Waals surface area contributed by atoms with E-state index in [1.807, 2.05) is 0 Å². The minimum atomic E-state index is -4.60. The molecule has 0 bridgehead atoms. The Bertz CT molecular complexity index is 886. The van der Waals surface area contributed by atoms with E-state index in [1.165, 1.54) is 0 Å². The van der Waals surface area contributed by atoms with E-state index in [2.05, 4.69) is 10.2 Å². The van der Waals surface area contributed by atoms with Crippen molar-refractivity contribution in [1.29, 1.82) is 0 Å². The number of sulfonamides is 1. The summed E-state index contributed by atoms with van der Waals surface area (Å²) in [7, 11) is -4.04. The molecule has 1 aliphatic rings. The standard InChI is InChI=1S/C16H16F3N3O3S/c1-11-5-6-15(21-20-11)25-13-7-8-22(10-13)26(23,24)14-4-2-3-12(9-14)16(17,18)19/h2-6,9,13H,7-8,10H2,1H3. The van der Waals surface area contributed by atoms with Gasteiger partial charge in [-0.2, -0.15) is 22.6 Å². The molecule has 0 amide bonds. The highest BCUT2D eigenvalue weighted by atomic mass is 32.2. The van der Waals surface area contributed by atoms with E-state index < -0.39 is 27.9 Å². The van der Waals surface area contributed by atoms with E-state index in [-0.39, 0.29) is 23.9 Å². The zero-order valence-corrected chi connectivity index (χ0v) is 14.6. The molecule has 0 saturated carbocycles. The lowest BCUT2D eigenvalue weighted by atomic mass is 10.2. The van der Waals surface area contributed by atoms with Crippen LogP contribution in [0.2, 0.25) is 0 Å². The van der Waals surface area contributed by atoms with Crippen LogP contribution in [0.15, 0.2) is 41.3 Å². The third-order valence-corrected chi connectivity index (χ3v) is 5.83. The van der Waals surface area contributed by atoms with Crippen LogP contribution in [-0.2, 0) is 16.2 Å². The van der Waals surface area contributed by atoms with Gasteiger partial charge in [0.05, 0.1) is 22.7 Å². The van der Waals surface area contributed by atoms with E-state index >= 15 is 0 Å². The smallest absolute Gasteiger partial charge is 0.416 e. The normalized spacial score (nSPS) is 18.8. The number of hydrogen-bond donors (Lipinski definition) is 0. The Morgan fingerprint density at radius 2 is 1.96 bits per heavy atom. The largest absolute Gasteiger partial charge is 0.472 e. The van der Waals surface area contributed by atoms with Crippen molar-refractivity contribution < 1.29 is 26.3 Å². The van der Waals surface area contributed by atoms with Gasteiger partial charge in [0.1, 0.15) is 6.10 Å². The highest BCUT2D eigenvalue weighted by Gasteiger charge is 2.36. The number of nitrogens with zero attached hydrogens (tertiary/aromatic N) is 3. The molecule has 1 aliphatic heterocycles. The molecule has 140 valence electrons. The minimum Gasteiger partial charge on any atom is -0.472 e. The first kappa shape index (κ1) is 18.6. The third-order valence-electron chi connectivity index (χ3n) is 3.97. The van der Waals surface area contributed by atoms with Crippen LogP contribution in [-0.4, -0.2) is 42.1 Å². The number of rotatable bonds is 4. The molecule has 6 nitrogen and oxygen atoms in total. The molecule has 1 fully saturated rings. The predicted molar refractivity (Wildman–Crippen MR) is 86.0 cm³/mol. The predicted octanol–water partition coefficient (Wildman–Crippen LogP) is 2.65. The van der Waals surface area contributed by atoms with Crippen molar-refractivity contribution in [2.75, 3.05) is 13.1 Å². The maximum absolute atomic E-state index is 12.8. The van der Waals surface area contributed by atoms with Gasteiger partial charge in [-0.3, -0.25) is 0 Å². The van der Waals surface area contributed by atoms with Gasteiger partial charge >= 0.3 is 6.18 Å². The molecule has 1 aromatic heterocycles. The lowest BCUT2D eigenvalue weighted by Gasteiger charge is -2.18. The van der Waals surface area contributed by atoms with E-state index in [4.69, 9.17) is 4.74 Å². The average Bonchev–Trinajstić information content (AvgIpc) is 3.06. The number of hydrogen-bond acceptors (Lipinski definition) is 5. The second-order valence-electron chi connectivity index (χ2n) is 5.93. The first-order chi connectivity index (χ1) is 12.2. The second-order valence-corrected chi connectivity index (χ2v) is 7.87. The van der Waals surface area contributed by atoms with E-state index in [9.17, 15) is 21.6 Å². The molecule has 1 unspecified atom stereocenters. The van der Waals surface area contributed by atoms with Crippen LogP contribution >= 0.6 is 0 Å². The molecule has 1 atom stereocenters. The molecule has 2 heterocycles. The first-order valence-corrected chi connectivity index (χ1v) is 9.25. The lowest BCUT2D eigenvalue weighted by Crippen LogP contribution is -2.31. The number of halogens is 3. The lowest BCUT2D eigenvalue weighted by molar-refractivity contribution is -0.137. The van der Waals surface area contributed by atoms with Gasteiger partial charge in [-0.15, -0.1) is 5.10 Å². The molecule has 1 aromatic carbocycles. The topological polar surface area (TPSA) is 72.4 Å². The Hall–Kier alpha value is -2.20. The zero-order chi connectivity index (χ0) is 18.9. The SMILES string of the molecule is Cc1ccc(OC2CCN(S(=O)(=O)c3cccc(C(F)(F)F)c3)C2)nn1. The summed E-state index contributed by atoms with van der Waals surface area (Å²) < 4.78 is 70.5. The van der Waals surface area contributed by atoms with Crippen molar-refractivity contribution in [3.63, 3.8) is 0 Å². The zero-order valence-electron chi connectivity index (χ0n) is 13.8. The monoisotopic (exact) mass is 387 g/mol. The van der Waals surface area contributed by atoms with E-state index in [0.717, 1.165) is 28.2 Å². The highest BCUT2D eigenvalue weighted by molar-refractivity contribution is 7.89. The second kappa shape index (κ2) is 6.84. The number of alkyl halides is 3. The Labute approximate surface area is 148 Å². The van der Waals surface area contributed by atoms with Gasteiger partial charge < -0.3 is 4.74 Å². The summed E-state index contributed by atoms with van der Waals surface area (Å²) in [6, 6.07) is 7.08. The van der Waals surface area contributed by atoms with Crippen molar-refractivity contribution in [1.82, 2.24) is 14.5 Å². The molecule has 0 aliphatic carbocycles. The maximum Gasteiger partial charge on any atom is 0.416 e. The maximum atomic E-state index is 12.8. The van der Waals surface area contributed by atoms with Crippen molar-refractivity contribution in [3.8, 4) is 5.88 Å². The van der Waals surface area contributed by atoms with Crippen molar-refractivity contribution >= 4 is 10.0 Å². The van der Waals surface area contributed by atoms with Gasteiger partial charge in [0.15, 0.2) is 0 Å². The number of aryl methyl sites for hydroxylation is 1. The number of ether oxygens (including phenoxy) is 1. The van der Waals surface area contributed by atoms with Crippen LogP contribution < -0.4 is 4.74 Å². The molecule has 1 saturated heterocycles. The fourth-order valence-corrected chi connectivity index (χ4v) is 4.15. The molecule has 3 rings (SSSR count). The Kier molecular flexibility index (Phi) is 4.89. The van der Waals surface area contributed by atoms with Crippen LogP contribution in [0.4, 0.5) is 13.2 Å². The molecule has 0 radical (unpaired) electrons. The summed E-state index contributed by atoms with van der Waals surface area (Å²) in [6.45, 7) is 1.96. The third kappa shape index (κ3) is 3.96. The van der Waals surface area contributed by atoms with Gasteiger partial charge in [-0.1, -0.05) is 6.07 Å². The highest BCUT2D eigenvalue weighted by Crippen LogP contribution is 2.32. The molecule has 0 spiro atoms. The molecule has 0 N–H and O–H groups in total. The van der Waals surface area contributed by atoms with E-state index in [1.54, 1.807) is 19.1 Å². The van der Waals surface area contributed by atoms with E-state index in [0.29, 0.717) is 12.5 Å². The van der Waals surface area contributed by atoms with Gasteiger partial charge in [0.25, 0.3) is 0 Å². The van der Waals surface area contributed by atoms with Crippen LogP contribution in [0.3, 0.4) is 0 Å². The fourth-order valence-electron chi connectivity index (χ4n) is 2.61. The van der Waals surface area contributed by atoms with Gasteiger partial charge in [-0.25, -0.2) is 8.42 Å². The summed E-state index contributed by atoms with van der Waals surface area (Å²) in [4.78, 5) is -0.386. The Morgan fingerprint density at radius 3 is 2.62 bits per heavy atom. The quantitative estimate of drug-likeness (QED) is 0.807. The summed E-state index contributed by atoms with van der Waals surface area (Å²) in [6.07, 6.45) is -4.63. The summed E-state index contributed by atoms with van der Waals surface area (Å²) in [5.74, 6) is 0.277. The number of benzene rings is 1. The summed E-state index contributed by atoms with van der Waals surface area (Å²) in [5.41, 5.74) is -0.280. The molecule has 26 heavy (non-hydrogen) atoms. The summed E-state index contributed by atoms with van der Waals surface area (Å²) in [5, 5.41) is 7.72. The Morgan fingerprint density at radius 1 is 1.19 bits per heavy atom. The van der Waals surface area contributed by atoms with Crippen LogP contribution in [0, 0.1) is 6.92 Å². The van der Waals surface area contributed by atoms with Crippen LogP contribution in [0.25, 0.3) is 0 Å². The fraction of sp³-hybridized carbons (Fsp3) is 0.375. The van der Waals surface area contributed by atoms with Crippen LogP contribution in [0.5, 0.6) is 5.88 Å². The van der Waals surface area contributed by atoms with Crippen molar-refractivity contribution in [2.24, 2.45) is 0 Å².